The van der Waals surface area contributed by atoms with Gasteiger partial charge in [0.1, 0.15) is 9.20 Å². The fourth-order valence-corrected chi connectivity index (χ4v) is 5.49. The molecule has 1 atom stereocenters. The first-order valence-corrected chi connectivity index (χ1v) is 9.01. The van der Waals surface area contributed by atoms with Crippen LogP contribution in [-0.4, -0.2) is 30.3 Å². The summed E-state index contributed by atoms with van der Waals surface area (Å²) in [6.07, 6.45) is 4.04. The van der Waals surface area contributed by atoms with Crippen molar-refractivity contribution in [2.45, 2.75) is 42.9 Å². The first kappa shape index (κ1) is 14.9. The summed E-state index contributed by atoms with van der Waals surface area (Å²) >= 11 is 6.03. The third-order valence-corrected chi connectivity index (χ3v) is 7.33. The molecular weight excluding hydrogens is 300 g/mol. The van der Waals surface area contributed by atoms with Crippen molar-refractivity contribution in [3.8, 4) is 0 Å². The lowest BCUT2D eigenvalue weighted by molar-refractivity contribution is 0.343. The summed E-state index contributed by atoms with van der Waals surface area (Å²) in [6.45, 7) is 2.58. The van der Waals surface area contributed by atoms with Crippen LogP contribution in [0.1, 0.15) is 37.5 Å². The Morgan fingerprint density at radius 2 is 2.16 bits per heavy atom. The average molecular weight is 318 g/mol. The van der Waals surface area contributed by atoms with E-state index in [1.165, 1.54) is 0 Å². The lowest BCUT2D eigenvalue weighted by Crippen LogP contribution is -2.37. The summed E-state index contributed by atoms with van der Waals surface area (Å²) in [5.74, 6) is 0. The van der Waals surface area contributed by atoms with Gasteiger partial charge in [-0.05, 0) is 31.9 Å². The number of nitrogens with zero attached hydrogens (tertiary/aromatic N) is 1. The maximum Gasteiger partial charge on any atom is 0.252 e. The van der Waals surface area contributed by atoms with Gasteiger partial charge in [-0.25, -0.2) is 8.42 Å². The van der Waals surface area contributed by atoms with Crippen molar-refractivity contribution < 1.29 is 8.42 Å². The van der Waals surface area contributed by atoms with Gasteiger partial charge in [0.15, 0.2) is 0 Å². The lowest BCUT2D eigenvalue weighted by atomic mass is 10.1. The summed E-state index contributed by atoms with van der Waals surface area (Å²) in [5.41, 5.74) is 5.53. The third kappa shape index (κ3) is 3.16. The SMILES string of the molecule is CC1CCCCCN1S(=O)(=O)c1ccc(C(N)=S)s1. The third-order valence-electron chi connectivity index (χ3n) is 3.38. The highest BCUT2D eigenvalue weighted by molar-refractivity contribution is 7.91. The van der Waals surface area contributed by atoms with Gasteiger partial charge in [0, 0.05) is 12.6 Å². The second-order valence-corrected chi connectivity index (χ2v) is 8.44. The molecule has 0 spiro atoms. The smallest absolute Gasteiger partial charge is 0.252 e. The van der Waals surface area contributed by atoms with Crippen LogP contribution >= 0.6 is 23.6 Å². The van der Waals surface area contributed by atoms with E-state index in [0.717, 1.165) is 37.0 Å². The molecule has 2 heterocycles. The fourth-order valence-electron chi connectivity index (χ4n) is 2.31. The number of hydrogen-bond acceptors (Lipinski definition) is 4. The fraction of sp³-hybridized carbons (Fsp3) is 0.583. The van der Waals surface area contributed by atoms with Crippen molar-refractivity contribution in [1.29, 1.82) is 0 Å². The predicted molar refractivity (Wildman–Crippen MR) is 82.0 cm³/mol. The Labute approximate surface area is 123 Å². The first-order chi connectivity index (χ1) is 8.93. The molecule has 1 aromatic rings. The van der Waals surface area contributed by atoms with E-state index in [4.69, 9.17) is 18.0 Å². The van der Waals surface area contributed by atoms with Crippen molar-refractivity contribution in [1.82, 2.24) is 4.31 Å². The van der Waals surface area contributed by atoms with Crippen LogP contribution in [0.3, 0.4) is 0 Å². The van der Waals surface area contributed by atoms with Gasteiger partial charge in [0.05, 0.1) is 4.88 Å². The summed E-state index contributed by atoms with van der Waals surface area (Å²) in [7, 11) is -3.41. The second kappa shape index (κ2) is 5.87. The molecule has 1 aliphatic rings. The topological polar surface area (TPSA) is 63.4 Å². The normalized spacial score (nSPS) is 22.1. The Bertz CT molecular complexity index is 565. The van der Waals surface area contributed by atoms with E-state index < -0.39 is 10.0 Å². The molecule has 1 unspecified atom stereocenters. The monoisotopic (exact) mass is 318 g/mol. The zero-order valence-corrected chi connectivity index (χ0v) is 13.3. The first-order valence-electron chi connectivity index (χ1n) is 6.34. The zero-order valence-electron chi connectivity index (χ0n) is 10.8. The van der Waals surface area contributed by atoms with Crippen LogP contribution in [0.15, 0.2) is 16.3 Å². The molecule has 4 nitrogen and oxygen atoms in total. The number of nitrogens with two attached hydrogens (primary N) is 1. The average Bonchev–Trinajstić information content (AvgIpc) is 2.74. The van der Waals surface area contributed by atoms with Gasteiger partial charge in [-0.3, -0.25) is 0 Å². The standard InChI is InChI=1S/C12H18N2O2S3/c1-9-5-3-2-4-8-14(9)19(15,16)11-7-6-10(18-11)12(13)17/h6-7,9H,2-5,8H2,1H3,(H2,13,17). The number of sulfonamides is 1. The number of hydrogen-bond donors (Lipinski definition) is 1. The van der Waals surface area contributed by atoms with Gasteiger partial charge in [-0.1, -0.05) is 25.1 Å². The van der Waals surface area contributed by atoms with Crippen molar-refractivity contribution in [3.05, 3.63) is 17.0 Å². The van der Waals surface area contributed by atoms with Crippen LogP contribution in [0, 0.1) is 0 Å². The molecule has 1 saturated heterocycles. The molecule has 0 aliphatic carbocycles. The molecule has 0 radical (unpaired) electrons. The highest BCUT2D eigenvalue weighted by Gasteiger charge is 2.31. The second-order valence-electron chi connectivity index (χ2n) is 4.80. The number of thiocarbonyl (C=S) groups is 1. The molecule has 7 heteroatoms. The van der Waals surface area contributed by atoms with Crippen LogP contribution in [-0.2, 0) is 10.0 Å². The molecule has 2 N–H and O–H groups in total. The predicted octanol–water partition coefficient (Wildman–Crippen LogP) is 2.34. The maximum absolute atomic E-state index is 12.6. The van der Waals surface area contributed by atoms with Crippen molar-refractivity contribution >= 4 is 38.6 Å². The Morgan fingerprint density at radius 1 is 1.42 bits per heavy atom. The van der Waals surface area contributed by atoms with Crippen LogP contribution < -0.4 is 5.73 Å². The molecule has 2 rings (SSSR count). The molecule has 0 bridgehead atoms. The lowest BCUT2D eigenvalue weighted by Gasteiger charge is -2.25. The summed E-state index contributed by atoms with van der Waals surface area (Å²) in [6, 6.07) is 3.34. The molecule has 0 saturated carbocycles. The minimum atomic E-state index is -3.41. The number of thiophene rings is 1. The molecule has 1 aliphatic heterocycles. The van der Waals surface area contributed by atoms with E-state index in [-0.39, 0.29) is 11.0 Å². The van der Waals surface area contributed by atoms with E-state index in [2.05, 4.69) is 0 Å². The highest BCUT2D eigenvalue weighted by atomic mass is 32.2. The van der Waals surface area contributed by atoms with Crippen LogP contribution in [0.2, 0.25) is 0 Å². The molecule has 19 heavy (non-hydrogen) atoms. The summed E-state index contributed by atoms with van der Waals surface area (Å²) in [5, 5.41) is 0. The Kier molecular flexibility index (Phi) is 4.60. The van der Waals surface area contributed by atoms with Gasteiger partial charge in [-0.2, -0.15) is 4.31 Å². The van der Waals surface area contributed by atoms with E-state index in [0.29, 0.717) is 15.6 Å². The van der Waals surface area contributed by atoms with Crippen molar-refractivity contribution in [2.75, 3.05) is 6.54 Å². The molecule has 106 valence electrons. The Balaban J connectivity index is 2.31. The van der Waals surface area contributed by atoms with Gasteiger partial charge >= 0.3 is 0 Å². The van der Waals surface area contributed by atoms with Gasteiger partial charge in [0.25, 0.3) is 10.0 Å². The molecule has 0 aromatic carbocycles. The largest absolute Gasteiger partial charge is 0.389 e. The Hall–Kier alpha value is -0.500. The Morgan fingerprint density at radius 3 is 2.79 bits per heavy atom. The molecule has 1 aromatic heterocycles. The van der Waals surface area contributed by atoms with Crippen LogP contribution in [0.5, 0.6) is 0 Å². The molecule has 1 fully saturated rings. The summed E-state index contributed by atoms with van der Waals surface area (Å²) in [4.78, 5) is 0.895. The van der Waals surface area contributed by atoms with Gasteiger partial charge < -0.3 is 5.73 Å². The van der Waals surface area contributed by atoms with Crippen LogP contribution in [0.4, 0.5) is 0 Å². The zero-order chi connectivity index (χ0) is 14.0. The molecule has 0 amide bonds. The highest BCUT2D eigenvalue weighted by Crippen LogP contribution is 2.29. The van der Waals surface area contributed by atoms with Gasteiger partial charge in [0.2, 0.25) is 0 Å². The van der Waals surface area contributed by atoms with Crippen molar-refractivity contribution in [3.63, 3.8) is 0 Å². The van der Waals surface area contributed by atoms with E-state index in [1.54, 1.807) is 16.4 Å². The van der Waals surface area contributed by atoms with E-state index in [9.17, 15) is 8.42 Å². The quantitative estimate of drug-likeness (QED) is 0.869. The summed E-state index contributed by atoms with van der Waals surface area (Å²) < 4.78 is 27.2. The number of rotatable bonds is 3. The van der Waals surface area contributed by atoms with Gasteiger partial charge in [-0.15, -0.1) is 11.3 Å². The van der Waals surface area contributed by atoms with Crippen molar-refractivity contribution in [2.24, 2.45) is 5.73 Å². The van der Waals surface area contributed by atoms with Crippen LogP contribution in [0.25, 0.3) is 0 Å². The maximum atomic E-state index is 12.6. The van der Waals surface area contributed by atoms with E-state index in [1.807, 2.05) is 6.92 Å². The minimum Gasteiger partial charge on any atom is -0.389 e. The molecular formula is C12H18N2O2S3. The minimum absolute atomic E-state index is 0.0582. The van der Waals surface area contributed by atoms with E-state index >= 15 is 0 Å².